The van der Waals surface area contributed by atoms with Gasteiger partial charge in [-0.15, -0.1) is 0 Å². The third kappa shape index (κ3) is 4.90. The number of hydrogen-bond acceptors (Lipinski definition) is 7. The quantitative estimate of drug-likeness (QED) is 0.296. The van der Waals surface area contributed by atoms with Crippen LogP contribution in [0.5, 0.6) is 0 Å². The molecular weight excluding hydrogens is 541 g/mol. The molecule has 1 unspecified atom stereocenters. The highest BCUT2D eigenvalue weighted by Gasteiger charge is 2.44. The number of rotatable bonds is 8. The van der Waals surface area contributed by atoms with Gasteiger partial charge in [0.1, 0.15) is 17.7 Å². The van der Waals surface area contributed by atoms with Gasteiger partial charge in [0.15, 0.2) is 5.65 Å². The second-order valence-corrected chi connectivity index (χ2v) is 10.8. The Morgan fingerprint density at radius 3 is 2.78 bits per heavy atom. The number of fused-ring (bicyclic) bond motifs is 2. The summed E-state index contributed by atoms with van der Waals surface area (Å²) in [6.45, 7) is 4.77. The van der Waals surface area contributed by atoms with Crippen LogP contribution in [-0.2, 0) is 4.79 Å². The van der Waals surface area contributed by atoms with E-state index in [4.69, 9.17) is 10.7 Å². The summed E-state index contributed by atoms with van der Waals surface area (Å²) >= 11 is 3.60. The summed E-state index contributed by atoms with van der Waals surface area (Å²) < 4.78 is 16.0. The average Bonchev–Trinajstić information content (AvgIpc) is 3.50. The van der Waals surface area contributed by atoms with Crippen molar-refractivity contribution in [2.45, 2.75) is 38.8 Å². The van der Waals surface area contributed by atoms with Gasteiger partial charge in [0.2, 0.25) is 0 Å². The van der Waals surface area contributed by atoms with Gasteiger partial charge in [0, 0.05) is 54.3 Å². The molecule has 3 aromatic heterocycles. The van der Waals surface area contributed by atoms with Crippen molar-refractivity contribution in [3.8, 4) is 11.1 Å². The first kappa shape index (κ1) is 25.5. The number of amides is 1. The molecule has 1 aliphatic carbocycles. The summed E-state index contributed by atoms with van der Waals surface area (Å²) in [5.41, 5.74) is 9.91. The van der Waals surface area contributed by atoms with Crippen molar-refractivity contribution in [3.05, 3.63) is 52.6 Å². The van der Waals surface area contributed by atoms with E-state index in [9.17, 15) is 14.3 Å². The molecule has 11 heteroatoms. The van der Waals surface area contributed by atoms with E-state index in [1.165, 1.54) is 19.1 Å². The van der Waals surface area contributed by atoms with Gasteiger partial charge in [0.05, 0.1) is 21.9 Å². The van der Waals surface area contributed by atoms with Crippen LogP contribution in [0.1, 0.15) is 38.4 Å². The van der Waals surface area contributed by atoms with E-state index in [-0.39, 0.29) is 23.2 Å². The Hall–Kier alpha value is -3.15. The third-order valence-corrected chi connectivity index (χ3v) is 7.87. The summed E-state index contributed by atoms with van der Waals surface area (Å²) in [5.74, 6) is -0.182. The number of aliphatic hydroxyl groups excluding tert-OH is 1. The predicted octanol–water partition coefficient (Wildman–Crippen LogP) is 3.70. The SMILES string of the molecule is CC(NCC1(CN(C)C(=O)[C@H](C)O)CC1)c1nc2c(-c3cnc4ccc(F)cc4c3)cnn2c(N)c1Br. The number of aliphatic hydroxyl groups is 1. The van der Waals surface area contributed by atoms with Crippen LogP contribution in [0.4, 0.5) is 10.2 Å². The number of pyridine rings is 1. The van der Waals surface area contributed by atoms with Crippen molar-refractivity contribution in [1.29, 1.82) is 0 Å². The fraction of sp³-hybridized carbons (Fsp3) is 0.385. The maximum absolute atomic E-state index is 13.8. The summed E-state index contributed by atoms with van der Waals surface area (Å²) in [4.78, 5) is 23.1. The highest BCUT2D eigenvalue weighted by molar-refractivity contribution is 9.10. The van der Waals surface area contributed by atoms with E-state index in [0.717, 1.165) is 29.7 Å². The van der Waals surface area contributed by atoms with Crippen molar-refractivity contribution in [3.63, 3.8) is 0 Å². The summed E-state index contributed by atoms with van der Waals surface area (Å²) in [6.07, 6.45) is 4.40. The van der Waals surface area contributed by atoms with Gasteiger partial charge in [-0.2, -0.15) is 9.61 Å². The molecule has 4 N–H and O–H groups in total. The van der Waals surface area contributed by atoms with Crippen molar-refractivity contribution in [2.75, 3.05) is 25.9 Å². The molecule has 1 fully saturated rings. The highest BCUT2D eigenvalue weighted by atomic mass is 79.9. The smallest absolute Gasteiger partial charge is 0.250 e. The second kappa shape index (κ2) is 9.62. The van der Waals surface area contributed by atoms with Gasteiger partial charge in [-0.3, -0.25) is 9.78 Å². The largest absolute Gasteiger partial charge is 0.384 e. The molecule has 0 saturated heterocycles. The molecule has 9 nitrogen and oxygen atoms in total. The first-order valence-electron chi connectivity index (χ1n) is 12.1. The molecule has 1 aromatic carbocycles. The fourth-order valence-corrected chi connectivity index (χ4v) is 5.29. The summed E-state index contributed by atoms with van der Waals surface area (Å²) in [5, 5.41) is 18.3. The number of nitrogens with two attached hydrogens (primary N) is 1. The van der Waals surface area contributed by atoms with Crippen LogP contribution < -0.4 is 11.1 Å². The molecular formula is C26H29BrFN7O2. The Morgan fingerprint density at radius 1 is 1.32 bits per heavy atom. The van der Waals surface area contributed by atoms with Crippen LogP contribution in [-0.4, -0.2) is 61.7 Å². The molecule has 0 spiro atoms. The van der Waals surface area contributed by atoms with Crippen LogP contribution >= 0.6 is 15.9 Å². The fourth-order valence-electron chi connectivity index (χ4n) is 4.69. The number of benzene rings is 1. The van der Waals surface area contributed by atoms with E-state index < -0.39 is 6.10 Å². The Balaban J connectivity index is 1.41. The lowest BCUT2D eigenvalue weighted by molar-refractivity contribution is -0.138. The van der Waals surface area contributed by atoms with Crippen LogP contribution in [0.25, 0.3) is 27.7 Å². The normalized spacial score (nSPS) is 16.2. The number of carbonyl (C=O) groups excluding carboxylic acids is 1. The summed E-state index contributed by atoms with van der Waals surface area (Å²) in [7, 11) is 1.72. The van der Waals surface area contributed by atoms with E-state index in [2.05, 4.69) is 31.3 Å². The van der Waals surface area contributed by atoms with Gasteiger partial charge in [-0.1, -0.05) is 0 Å². The topological polar surface area (TPSA) is 122 Å². The Kier molecular flexibility index (Phi) is 6.63. The standard InChI is InChI=1S/C26H29BrFN7O2/c1-14(31-12-26(6-7-26)13-34(3)25(37)15(2)36)22-21(27)23(29)35-24(33-22)19(11-32-35)17-8-16-9-18(28)4-5-20(16)30-10-17/h4-5,8-11,14-15,31,36H,6-7,12-13,29H2,1-3H3/t14?,15-/m0/s1. The zero-order valence-electron chi connectivity index (χ0n) is 20.9. The first-order chi connectivity index (χ1) is 17.6. The number of hydrogen-bond donors (Lipinski definition) is 3. The van der Waals surface area contributed by atoms with E-state index in [1.54, 1.807) is 34.9 Å². The third-order valence-electron chi connectivity index (χ3n) is 7.06. The number of halogens is 2. The van der Waals surface area contributed by atoms with Crippen LogP contribution in [0.15, 0.2) is 41.1 Å². The van der Waals surface area contributed by atoms with Gasteiger partial charge >= 0.3 is 0 Å². The van der Waals surface area contributed by atoms with Crippen LogP contribution in [0, 0.1) is 11.2 Å². The molecule has 1 saturated carbocycles. The molecule has 37 heavy (non-hydrogen) atoms. The van der Waals surface area contributed by atoms with Gasteiger partial charge < -0.3 is 21.1 Å². The van der Waals surface area contributed by atoms with Crippen LogP contribution in [0.3, 0.4) is 0 Å². The zero-order valence-corrected chi connectivity index (χ0v) is 22.5. The molecule has 5 rings (SSSR count). The average molecular weight is 570 g/mol. The highest BCUT2D eigenvalue weighted by Crippen LogP contribution is 2.46. The molecule has 1 amide bonds. The monoisotopic (exact) mass is 569 g/mol. The number of nitrogens with zero attached hydrogens (tertiary/aromatic N) is 5. The summed E-state index contributed by atoms with van der Waals surface area (Å²) in [6, 6.07) is 6.20. The molecule has 0 bridgehead atoms. The number of nitrogen functional groups attached to an aromatic ring is 1. The lowest BCUT2D eigenvalue weighted by atomic mass is 10.1. The minimum absolute atomic E-state index is 0.0243. The van der Waals surface area contributed by atoms with Crippen molar-refractivity contribution >= 4 is 44.2 Å². The molecule has 0 radical (unpaired) electrons. The Bertz CT molecular complexity index is 1500. The zero-order chi connectivity index (χ0) is 26.5. The number of anilines is 1. The number of carbonyl (C=O) groups is 1. The number of aromatic nitrogens is 4. The molecule has 1 aliphatic rings. The van der Waals surface area contributed by atoms with E-state index >= 15 is 0 Å². The number of likely N-dealkylation sites (N-methyl/N-ethyl adjacent to an activating group) is 1. The Labute approximate surface area is 222 Å². The lowest BCUT2D eigenvalue weighted by Crippen LogP contribution is -2.41. The lowest BCUT2D eigenvalue weighted by Gasteiger charge is -2.26. The van der Waals surface area contributed by atoms with Gasteiger partial charge in [0.25, 0.3) is 5.91 Å². The molecule has 4 aromatic rings. The van der Waals surface area contributed by atoms with Crippen molar-refractivity contribution in [2.24, 2.45) is 5.41 Å². The van der Waals surface area contributed by atoms with Gasteiger partial charge in [-0.25, -0.2) is 9.37 Å². The van der Waals surface area contributed by atoms with E-state index in [1.807, 2.05) is 13.0 Å². The predicted molar refractivity (Wildman–Crippen MR) is 143 cm³/mol. The minimum atomic E-state index is -1.01. The van der Waals surface area contributed by atoms with Crippen molar-refractivity contribution in [1.82, 2.24) is 29.8 Å². The maximum atomic E-state index is 13.8. The number of nitrogens with one attached hydrogen (secondary N) is 1. The van der Waals surface area contributed by atoms with E-state index in [0.29, 0.717) is 39.9 Å². The molecule has 2 atom stereocenters. The molecule has 0 aliphatic heterocycles. The molecule has 194 valence electrons. The minimum Gasteiger partial charge on any atom is -0.384 e. The first-order valence-corrected chi connectivity index (χ1v) is 12.9. The van der Waals surface area contributed by atoms with Gasteiger partial charge in [-0.05, 0) is 66.9 Å². The van der Waals surface area contributed by atoms with Crippen molar-refractivity contribution < 1.29 is 14.3 Å². The molecule has 3 heterocycles. The second-order valence-electron chi connectivity index (χ2n) is 10.0. The van der Waals surface area contributed by atoms with Crippen LogP contribution in [0.2, 0.25) is 0 Å². The maximum Gasteiger partial charge on any atom is 0.250 e. The Morgan fingerprint density at radius 2 is 2.08 bits per heavy atom.